The summed E-state index contributed by atoms with van der Waals surface area (Å²) in [6, 6.07) is -1.65. The van der Waals surface area contributed by atoms with Gasteiger partial charge in [0.15, 0.2) is 0 Å². The maximum Gasteiger partial charge on any atom is 0.109 e. The molecule has 1 heterocycles. The van der Waals surface area contributed by atoms with Gasteiger partial charge in [-0.1, -0.05) is 5.11 Å². The third-order valence-electron chi connectivity index (χ3n) is 1.76. The molecule has 2 N–H and O–H groups in total. The van der Waals surface area contributed by atoms with Crippen molar-refractivity contribution in [3.05, 3.63) is 10.4 Å². The molecule has 0 aromatic carbocycles. The van der Waals surface area contributed by atoms with Gasteiger partial charge in [0.1, 0.15) is 14.0 Å². The highest BCUT2D eigenvalue weighted by atomic mass is 16.5. The van der Waals surface area contributed by atoms with Crippen molar-refractivity contribution in [1.82, 2.24) is 0 Å². The van der Waals surface area contributed by atoms with Crippen LogP contribution in [0.1, 0.15) is 0 Å². The Morgan fingerprint density at radius 3 is 2.75 bits per heavy atom. The lowest BCUT2D eigenvalue weighted by atomic mass is 9.91. The topological polar surface area (TPSA) is 98.5 Å². The lowest BCUT2D eigenvalue weighted by Gasteiger charge is -2.11. The first kappa shape index (κ1) is 9.34. The highest BCUT2D eigenvalue weighted by molar-refractivity contribution is 6.11. The third-order valence-corrected chi connectivity index (χ3v) is 1.76. The van der Waals surface area contributed by atoms with Crippen LogP contribution in [0.2, 0.25) is 0 Å². The van der Waals surface area contributed by atoms with Gasteiger partial charge in [0.25, 0.3) is 0 Å². The standard InChI is InChI=1S/C5H8BN3O3/c6-5-3(8-9-7)4(11)2(1-10)12-5/h2-5,10-11H,1H2/t2-,3?,4-,5-/m1/s1. The Hall–Kier alpha value is -0.745. The fraction of sp³-hybridized carbons (Fsp3) is 1.00. The molecule has 64 valence electrons. The minimum Gasteiger partial charge on any atom is -0.394 e. The van der Waals surface area contributed by atoms with Crippen molar-refractivity contribution in [3.63, 3.8) is 0 Å². The lowest BCUT2D eigenvalue weighted by Crippen LogP contribution is -2.32. The zero-order valence-corrected chi connectivity index (χ0v) is 6.24. The molecule has 0 aliphatic carbocycles. The highest BCUT2D eigenvalue weighted by Crippen LogP contribution is 2.21. The van der Waals surface area contributed by atoms with E-state index in [1.807, 2.05) is 0 Å². The Morgan fingerprint density at radius 2 is 2.33 bits per heavy atom. The van der Waals surface area contributed by atoms with Crippen LogP contribution >= 0.6 is 0 Å². The van der Waals surface area contributed by atoms with Crippen LogP contribution in [0.3, 0.4) is 0 Å². The van der Waals surface area contributed by atoms with Crippen LogP contribution in [0.25, 0.3) is 10.4 Å². The molecule has 1 aliphatic heterocycles. The minimum atomic E-state index is -1.03. The van der Waals surface area contributed by atoms with E-state index in [9.17, 15) is 5.11 Å². The summed E-state index contributed by atoms with van der Waals surface area (Å²) in [4.78, 5) is 2.51. The first-order valence-corrected chi connectivity index (χ1v) is 3.45. The molecule has 1 unspecified atom stereocenters. The zero-order chi connectivity index (χ0) is 9.14. The van der Waals surface area contributed by atoms with Crippen LogP contribution in [0.4, 0.5) is 0 Å². The fourth-order valence-corrected chi connectivity index (χ4v) is 1.12. The zero-order valence-electron chi connectivity index (χ0n) is 6.24. The molecule has 1 rings (SSSR count). The molecule has 1 fully saturated rings. The highest BCUT2D eigenvalue weighted by Gasteiger charge is 2.39. The summed E-state index contributed by atoms with van der Waals surface area (Å²) in [6.45, 7) is -0.341. The van der Waals surface area contributed by atoms with Crippen molar-refractivity contribution in [3.8, 4) is 0 Å². The monoisotopic (exact) mass is 169 g/mol. The van der Waals surface area contributed by atoms with Crippen molar-refractivity contribution >= 4 is 7.85 Å². The molecule has 12 heavy (non-hydrogen) atoms. The number of rotatable bonds is 2. The molecule has 4 atom stereocenters. The van der Waals surface area contributed by atoms with Gasteiger partial charge in [0.2, 0.25) is 0 Å². The number of ether oxygens (including phenoxy) is 1. The second-order valence-electron chi connectivity index (χ2n) is 2.51. The Balaban J connectivity index is 2.69. The summed E-state index contributed by atoms with van der Waals surface area (Å²) >= 11 is 0. The van der Waals surface area contributed by atoms with Gasteiger partial charge >= 0.3 is 0 Å². The van der Waals surface area contributed by atoms with E-state index < -0.39 is 24.3 Å². The van der Waals surface area contributed by atoms with Crippen LogP contribution in [-0.2, 0) is 4.74 Å². The summed E-state index contributed by atoms with van der Waals surface area (Å²) in [5, 5.41) is 21.2. The second-order valence-corrected chi connectivity index (χ2v) is 2.51. The van der Waals surface area contributed by atoms with E-state index in [0.717, 1.165) is 0 Å². The number of nitrogens with zero attached hydrogens (tertiary/aromatic N) is 3. The number of azide groups is 1. The maximum absolute atomic E-state index is 9.32. The summed E-state index contributed by atoms with van der Waals surface area (Å²) in [6.07, 6.45) is -1.78. The predicted octanol–water partition coefficient (Wildman–Crippen LogP) is -1.09. The first-order valence-electron chi connectivity index (χ1n) is 3.45. The van der Waals surface area contributed by atoms with E-state index in [1.165, 1.54) is 0 Å². The smallest absolute Gasteiger partial charge is 0.109 e. The molecular formula is C5H8BN3O3. The fourth-order valence-electron chi connectivity index (χ4n) is 1.12. The minimum absolute atomic E-state index is 0.341. The van der Waals surface area contributed by atoms with Gasteiger partial charge in [-0.3, -0.25) is 0 Å². The lowest BCUT2D eigenvalue weighted by molar-refractivity contribution is -0.00436. The van der Waals surface area contributed by atoms with E-state index >= 15 is 0 Å². The van der Waals surface area contributed by atoms with Gasteiger partial charge in [0, 0.05) is 10.9 Å². The molecule has 7 heteroatoms. The van der Waals surface area contributed by atoms with Crippen molar-refractivity contribution in [2.24, 2.45) is 5.11 Å². The predicted molar refractivity (Wildman–Crippen MR) is 40.4 cm³/mol. The normalized spacial score (nSPS) is 40.8. The van der Waals surface area contributed by atoms with E-state index in [-0.39, 0.29) is 6.61 Å². The van der Waals surface area contributed by atoms with Crippen LogP contribution in [-0.4, -0.2) is 48.9 Å². The Bertz CT molecular complexity index is 208. The van der Waals surface area contributed by atoms with E-state index in [2.05, 4.69) is 10.0 Å². The van der Waals surface area contributed by atoms with Crippen LogP contribution < -0.4 is 0 Å². The molecule has 0 saturated carbocycles. The van der Waals surface area contributed by atoms with Crippen molar-refractivity contribution < 1.29 is 14.9 Å². The SMILES string of the molecule is [B][C@@H]1O[C@H](CO)[C@@H](O)C1N=[N+]=[N-]. The molecule has 0 spiro atoms. The Kier molecular flexibility index (Phi) is 2.94. The van der Waals surface area contributed by atoms with E-state index in [0.29, 0.717) is 0 Å². The maximum atomic E-state index is 9.32. The number of aliphatic hydroxyl groups is 2. The van der Waals surface area contributed by atoms with Gasteiger partial charge in [-0.25, -0.2) is 0 Å². The molecule has 0 amide bonds. The average Bonchev–Trinajstić information content (AvgIpc) is 2.32. The number of aliphatic hydroxyl groups excluding tert-OH is 2. The molecule has 2 radical (unpaired) electrons. The number of hydrogen-bond donors (Lipinski definition) is 2. The summed E-state index contributed by atoms with van der Waals surface area (Å²) in [7, 11) is 5.36. The molecular weight excluding hydrogens is 161 g/mol. The summed E-state index contributed by atoms with van der Waals surface area (Å²) < 4.78 is 4.90. The van der Waals surface area contributed by atoms with Gasteiger partial charge < -0.3 is 14.9 Å². The Morgan fingerprint density at radius 1 is 1.67 bits per heavy atom. The number of hydrogen-bond acceptors (Lipinski definition) is 4. The Labute approximate surface area is 70.2 Å². The molecule has 0 aromatic heterocycles. The molecule has 6 nitrogen and oxygen atoms in total. The van der Waals surface area contributed by atoms with Gasteiger partial charge in [-0.05, 0) is 5.53 Å². The van der Waals surface area contributed by atoms with Gasteiger partial charge in [-0.15, -0.1) is 0 Å². The third kappa shape index (κ3) is 1.54. The van der Waals surface area contributed by atoms with E-state index in [1.54, 1.807) is 0 Å². The second kappa shape index (κ2) is 3.77. The van der Waals surface area contributed by atoms with Crippen molar-refractivity contribution in [1.29, 1.82) is 0 Å². The molecule has 0 bridgehead atoms. The largest absolute Gasteiger partial charge is 0.394 e. The molecule has 1 aliphatic rings. The molecule has 0 aromatic rings. The van der Waals surface area contributed by atoms with Crippen LogP contribution in [0, 0.1) is 0 Å². The quantitative estimate of drug-likeness (QED) is 0.238. The summed E-state index contributed by atoms with van der Waals surface area (Å²) in [5.41, 5.74) is 8.09. The van der Waals surface area contributed by atoms with Crippen molar-refractivity contribution in [2.75, 3.05) is 6.61 Å². The first-order chi connectivity index (χ1) is 5.70. The summed E-state index contributed by atoms with van der Waals surface area (Å²) in [5.74, 6) is 0. The van der Waals surface area contributed by atoms with Crippen LogP contribution in [0.15, 0.2) is 5.11 Å². The van der Waals surface area contributed by atoms with Crippen LogP contribution in [0.5, 0.6) is 0 Å². The van der Waals surface area contributed by atoms with Gasteiger partial charge in [0.05, 0.1) is 18.8 Å². The molecule has 1 saturated heterocycles. The average molecular weight is 169 g/mol. The van der Waals surface area contributed by atoms with Crippen molar-refractivity contribution in [2.45, 2.75) is 24.3 Å². The van der Waals surface area contributed by atoms with E-state index in [4.69, 9.17) is 23.2 Å². The van der Waals surface area contributed by atoms with Gasteiger partial charge in [-0.2, -0.15) is 0 Å².